The van der Waals surface area contributed by atoms with Gasteiger partial charge in [-0.3, -0.25) is 4.79 Å². The van der Waals surface area contributed by atoms with Gasteiger partial charge in [-0.05, 0) is 51.7 Å². The molecule has 0 radical (unpaired) electrons. The summed E-state index contributed by atoms with van der Waals surface area (Å²) in [5.41, 5.74) is -0.521. The Kier molecular flexibility index (Phi) is 7.70. The zero-order chi connectivity index (χ0) is 29.5. The van der Waals surface area contributed by atoms with Gasteiger partial charge in [0.2, 0.25) is 17.3 Å². The summed E-state index contributed by atoms with van der Waals surface area (Å²) in [5.74, 6) is -4.96. The van der Waals surface area contributed by atoms with Crippen molar-refractivity contribution in [2.75, 3.05) is 6.54 Å². The van der Waals surface area contributed by atoms with Crippen molar-refractivity contribution < 1.29 is 32.6 Å². The van der Waals surface area contributed by atoms with Crippen LogP contribution < -0.4 is 15.5 Å². The first-order valence-electron chi connectivity index (χ1n) is 13.5. The molecule has 0 spiro atoms. The lowest BCUT2D eigenvalue weighted by Gasteiger charge is -2.28. The third-order valence-corrected chi connectivity index (χ3v) is 6.91. The SMILES string of the molecule is C=C1CN[C@@H](C(Oc2c(F)c(F)cc3c(=O)c(C(=O)OCc4ccccc4)cn(C4CC4)c23)C(=O)OC(C)(C)C)C1. The van der Waals surface area contributed by atoms with Crippen LogP contribution >= 0.6 is 0 Å². The number of esters is 2. The van der Waals surface area contributed by atoms with E-state index in [1.807, 2.05) is 6.07 Å². The van der Waals surface area contributed by atoms with Gasteiger partial charge in [0, 0.05) is 18.8 Å². The number of carbonyl (C=O) groups is 2. The number of hydrogen-bond acceptors (Lipinski definition) is 7. The monoisotopic (exact) mass is 566 g/mol. The van der Waals surface area contributed by atoms with Gasteiger partial charge in [-0.15, -0.1) is 0 Å². The van der Waals surface area contributed by atoms with Crippen LogP contribution in [0.2, 0.25) is 0 Å². The minimum Gasteiger partial charge on any atom is -0.472 e. The second kappa shape index (κ2) is 11.1. The topological polar surface area (TPSA) is 95.9 Å². The standard InChI is InChI=1S/C31H32F2N2O6/c1-17-12-23(34-14-17)27(30(38)41-31(2,3)4)40-28-24(33)22(32)13-20-25(28)35(19-10-11-19)15-21(26(20)36)29(37)39-16-18-8-6-5-7-9-18/h5-9,13,15,19,23,27,34H,1,10-12,14,16H2,2-4H3/t23-,27?/m1/s1. The molecule has 2 aromatic carbocycles. The van der Waals surface area contributed by atoms with E-state index in [4.69, 9.17) is 14.2 Å². The van der Waals surface area contributed by atoms with Gasteiger partial charge in [0.15, 0.2) is 11.6 Å². The first-order valence-corrected chi connectivity index (χ1v) is 13.5. The number of carbonyl (C=O) groups excluding carboxylic acids is 2. The van der Waals surface area contributed by atoms with Crippen molar-refractivity contribution in [3.8, 4) is 5.75 Å². The lowest BCUT2D eigenvalue weighted by Crippen LogP contribution is -2.47. The summed E-state index contributed by atoms with van der Waals surface area (Å²) in [4.78, 5) is 39.8. The van der Waals surface area contributed by atoms with Crippen molar-refractivity contribution in [1.82, 2.24) is 9.88 Å². The van der Waals surface area contributed by atoms with Crippen LogP contribution in [0.3, 0.4) is 0 Å². The van der Waals surface area contributed by atoms with E-state index in [2.05, 4.69) is 11.9 Å². The molecule has 41 heavy (non-hydrogen) atoms. The maximum atomic E-state index is 15.5. The Morgan fingerprint density at radius 2 is 1.88 bits per heavy atom. The summed E-state index contributed by atoms with van der Waals surface area (Å²) in [6.07, 6.45) is 1.66. The van der Waals surface area contributed by atoms with Crippen molar-refractivity contribution in [3.05, 3.63) is 87.7 Å². The summed E-state index contributed by atoms with van der Waals surface area (Å²) in [7, 11) is 0. The molecule has 0 bridgehead atoms. The van der Waals surface area contributed by atoms with Gasteiger partial charge in [0.05, 0.1) is 16.9 Å². The van der Waals surface area contributed by atoms with E-state index in [1.165, 1.54) is 6.20 Å². The average Bonchev–Trinajstić information content (AvgIpc) is 3.67. The van der Waals surface area contributed by atoms with Crippen molar-refractivity contribution in [2.24, 2.45) is 0 Å². The molecule has 10 heteroatoms. The highest BCUT2D eigenvalue weighted by Gasteiger charge is 2.39. The molecule has 1 aromatic heterocycles. The van der Waals surface area contributed by atoms with Crippen LogP contribution in [0.1, 0.15) is 62.0 Å². The van der Waals surface area contributed by atoms with Crippen LogP contribution in [-0.2, 0) is 20.9 Å². The van der Waals surface area contributed by atoms with Gasteiger partial charge < -0.3 is 24.1 Å². The molecule has 1 saturated carbocycles. The largest absolute Gasteiger partial charge is 0.472 e. The van der Waals surface area contributed by atoms with Gasteiger partial charge in [0.25, 0.3) is 0 Å². The maximum Gasteiger partial charge on any atom is 0.349 e. The number of nitrogens with one attached hydrogen (secondary N) is 1. The Morgan fingerprint density at radius 3 is 2.49 bits per heavy atom. The molecule has 5 rings (SSSR count). The van der Waals surface area contributed by atoms with Crippen LogP contribution in [0.4, 0.5) is 8.78 Å². The Bertz CT molecular complexity index is 1570. The Labute approximate surface area is 235 Å². The quantitative estimate of drug-likeness (QED) is 0.304. The van der Waals surface area contributed by atoms with Gasteiger partial charge in [0.1, 0.15) is 17.8 Å². The van der Waals surface area contributed by atoms with E-state index in [0.717, 1.165) is 17.2 Å². The molecule has 2 heterocycles. The molecular weight excluding hydrogens is 534 g/mol. The summed E-state index contributed by atoms with van der Waals surface area (Å²) in [5, 5.41) is 2.86. The summed E-state index contributed by atoms with van der Waals surface area (Å²) >= 11 is 0. The smallest absolute Gasteiger partial charge is 0.349 e. The second-order valence-corrected chi connectivity index (χ2v) is 11.5. The van der Waals surface area contributed by atoms with Crippen molar-refractivity contribution >= 4 is 22.8 Å². The number of ether oxygens (including phenoxy) is 3. The normalized spacial score (nSPS) is 17.9. The molecule has 1 N–H and O–H groups in total. The average molecular weight is 567 g/mol. The van der Waals surface area contributed by atoms with Crippen LogP contribution in [0.15, 0.2) is 59.5 Å². The molecule has 8 nitrogen and oxygen atoms in total. The Hall–Kier alpha value is -4.05. The number of fused-ring (bicyclic) bond motifs is 1. The number of pyridine rings is 1. The zero-order valence-corrected chi connectivity index (χ0v) is 23.2. The predicted molar refractivity (Wildman–Crippen MR) is 148 cm³/mol. The number of benzene rings is 2. The highest BCUT2D eigenvalue weighted by molar-refractivity contribution is 5.95. The summed E-state index contributed by atoms with van der Waals surface area (Å²) in [6, 6.07) is 8.90. The first kappa shape index (κ1) is 28.5. The number of hydrogen-bond donors (Lipinski definition) is 1. The van der Waals surface area contributed by atoms with Gasteiger partial charge >= 0.3 is 11.9 Å². The zero-order valence-electron chi connectivity index (χ0n) is 23.2. The molecule has 1 aliphatic carbocycles. The first-order chi connectivity index (χ1) is 19.4. The molecule has 0 amide bonds. The van der Waals surface area contributed by atoms with E-state index in [-0.39, 0.29) is 29.1 Å². The predicted octanol–water partition coefficient (Wildman–Crippen LogP) is 4.98. The Balaban J connectivity index is 1.59. The molecule has 216 valence electrons. The van der Waals surface area contributed by atoms with Crippen molar-refractivity contribution in [2.45, 2.75) is 70.4 Å². The fraction of sp³-hybridized carbons (Fsp3) is 0.387. The Morgan fingerprint density at radius 1 is 1.17 bits per heavy atom. The molecule has 1 unspecified atom stereocenters. The molecule has 1 saturated heterocycles. The van der Waals surface area contributed by atoms with Gasteiger partial charge in [-0.25, -0.2) is 14.0 Å². The fourth-order valence-corrected chi connectivity index (χ4v) is 4.85. The highest BCUT2D eigenvalue weighted by Crippen LogP contribution is 2.41. The minimum absolute atomic E-state index is 0.0404. The highest BCUT2D eigenvalue weighted by atomic mass is 19.2. The van der Waals surface area contributed by atoms with Crippen LogP contribution in [0.5, 0.6) is 5.75 Å². The molecule has 3 aromatic rings. The lowest BCUT2D eigenvalue weighted by molar-refractivity contribution is -0.164. The summed E-state index contributed by atoms with van der Waals surface area (Å²) < 4.78 is 49.0. The fourth-order valence-electron chi connectivity index (χ4n) is 4.85. The van der Waals surface area contributed by atoms with Crippen LogP contribution in [0.25, 0.3) is 10.9 Å². The maximum absolute atomic E-state index is 15.5. The molecule has 2 aliphatic rings. The third kappa shape index (κ3) is 6.17. The molecule has 2 fully saturated rings. The van der Waals surface area contributed by atoms with E-state index < -0.39 is 52.5 Å². The number of nitrogens with zero attached hydrogens (tertiary/aromatic N) is 1. The minimum atomic E-state index is -1.37. The second-order valence-electron chi connectivity index (χ2n) is 11.5. The molecule has 1 aliphatic heterocycles. The number of rotatable bonds is 8. The molecule has 2 atom stereocenters. The van der Waals surface area contributed by atoms with E-state index in [1.54, 1.807) is 49.6 Å². The van der Waals surface area contributed by atoms with E-state index in [0.29, 0.717) is 25.8 Å². The van der Waals surface area contributed by atoms with Crippen LogP contribution in [0, 0.1) is 11.6 Å². The molecular formula is C31H32F2N2O6. The van der Waals surface area contributed by atoms with Crippen LogP contribution in [-0.4, -0.2) is 40.8 Å². The third-order valence-electron chi connectivity index (χ3n) is 6.91. The van der Waals surface area contributed by atoms with Crippen molar-refractivity contribution in [3.63, 3.8) is 0 Å². The van der Waals surface area contributed by atoms with E-state index >= 15 is 8.78 Å². The van der Waals surface area contributed by atoms with E-state index in [9.17, 15) is 14.4 Å². The van der Waals surface area contributed by atoms with Crippen molar-refractivity contribution in [1.29, 1.82) is 0 Å². The lowest BCUT2D eigenvalue weighted by atomic mass is 10.1. The van der Waals surface area contributed by atoms with Gasteiger partial charge in [-0.1, -0.05) is 42.5 Å². The summed E-state index contributed by atoms with van der Waals surface area (Å²) in [6.45, 7) is 9.34. The van der Waals surface area contributed by atoms with Gasteiger partial charge in [-0.2, -0.15) is 4.39 Å². The number of halogens is 2. The number of aromatic nitrogens is 1.